The molecule has 0 saturated heterocycles. The van der Waals surface area contributed by atoms with Crippen LogP contribution in [0, 0.1) is 0 Å². The van der Waals surface area contributed by atoms with E-state index in [4.69, 9.17) is 12.2 Å². The van der Waals surface area contributed by atoms with E-state index in [9.17, 15) is 0 Å². The molecule has 4 nitrogen and oxygen atoms in total. The van der Waals surface area contributed by atoms with Crippen LogP contribution < -0.4 is 15.6 Å². The van der Waals surface area contributed by atoms with Gasteiger partial charge in [0.25, 0.3) is 0 Å². The molecule has 0 spiro atoms. The summed E-state index contributed by atoms with van der Waals surface area (Å²) < 4.78 is 0. The van der Waals surface area contributed by atoms with Crippen LogP contribution in [0.5, 0.6) is 0 Å². The Bertz CT molecular complexity index is 736. The van der Waals surface area contributed by atoms with Crippen molar-refractivity contribution in [3.05, 3.63) is 59.7 Å². The van der Waals surface area contributed by atoms with Gasteiger partial charge in [0, 0.05) is 24.5 Å². The van der Waals surface area contributed by atoms with Gasteiger partial charge in [-0.1, -0.05) is 45.0 Å². The third kappa shape index (κ3) is 6.68. The first kappa shape index (κ1) is 20.9. The zero-order valence-electron chi connectivity index (χ0n) is 16.7. The van der Waals surface area contributed by atoms with Crippen LogP contribution in [0.3, 0.4) is 0 Å². The standard InChI is InChI=1S/C22H30N4S/c1-5-15-26(6-2)21-13-7-18(8-14-21)16-23-25-22(27)24-20-11-9-19(10-12-20)17(3)4/h7-14,16-17H,5-6,15H2,1-4H3,(H2,24,25,27)/b23-16+. The molecule has 0 fully saturated rings. The van der Waals surface area contributed by atoms with Gasteiger partial charge < -0.3 is 10.2 Å². The van der Waals surface area contributed by atoms with E-state index in [2.05, 4.69) is 84.8 Å². The summed E-state index contributed by atoms with van der Waals surface area (Å²) in [7, 11) is 0. The van der Waals surface area contributed by atoms with Crippen molar-refractivity contribution in [1.82, 2.24) is 5.43 Å². The fourth-order valence-corrected chi connectivity index (χ4v) is 2.96. The van der Waals surface area contributed by atoms with Gasteiger partial charge in [0.1, 0.15) is 0 Å². The molecule has 2 rings (SSSR count). The van der Waals surface area contributed by atoms with Crippen LogP contribution in [0.1, 0.15) is 51.2 Å². The predicted octanol–water partition coefficient (Wildman–Crippen LogP) is 5.37. The molecule has 0 aliphatic heterocycles. The van der Waals surface area contributed by atoms with Crippen molar-refractivity contribution in [2.75, 3.05) is 23.3 Å². The van der Waals surface area contributed by atoms with E-state index in [1.165, 1.54) is 11.3 Å². The molecule has 0 amide bonds. The quantitative estimate of drug-likeness (QED) is 0.366. The molecule has 0 saturated carbocycles. The first-order valence-electron chi connectivity index (χ1n) is 9.58. The molecule has 0 bridgehead atoms. The van der Waals surface area contributed by atoms with Gasteiger partial charge in [-0.25, -0.2) is 0 Å². The van der Waals surface area contributed by atoms with Crippen LogP contribution in [0.15, 0.2) is 53.6 Å². The van der Waals surface area contributed by atoms with Crippen molar-refractivity contribution in [2.45, 2.75) is 40.0 Å². The van der Waals surface area contributed by atoms with Crippen LogP contribution >= 0.6 is 12.2 Å². The number of rotatable bonds is 8. The Morgan fingerprint density at radius 2 is 1.74 bits per heavy atom. The number of hydrazone groups is 1. The van der Waals surface area contributed by atoms with Crippen LogP contribution in [-0.2, 0) is 0 Å². The predicted molar refractivity (Wildman–Crippen MR) is 122 cm³/mol. The molecule has 0 radical (unpaired) electrons. The van der Waals surface area contributed by atoms with E-state index in [1.807, 2.05) is 12.1 Å². The maximum Gasteiger partial charge on any atom is 0.191 e. The summed E-state index contributed by atoms with van der Waals surface area (Å²) in [5.41, 5.74) is 7.40. The van der Waals surface area contributed by atoms with Crippen molar-refractivity contribution >= 4 is 34.9 Å². The van der Waals surface area contributed by atoms with Crippen molar-refractivity contribution in [3.8, 4) is 0 Å². The lowest BCUT2D eigenvalue weighted by atomic mass is 10.0. The lowest BCUT2D eigenvalue weighted by molar-refractivity contribution is 0.792. The van der Waals surface area contributed by atoms with Gasteiger partial charge >= 0.3 is 0 Å². The minimum absolute atomic E-state index is 0.472. The van der Waals surface area contributed by atoms with E-state index in [0.717, 1.165) is 30.8 Å². The Morgan fingerprint density at radius 3 is 2.30 bits per heavy atom. The Morgan fingerprint density at radius 1 is 1.07 bits per heavy atom. The maximum atomic E-state index is 5.29. The molecule has 0 unspecified atom stereocenters. The van der Waals surface area contributed by atoms with Gasteiger partial charge in [-0.3, -0.25) is 5.43 Å². The van der Waals surface area contributed by atoms with Gasteiger partial charge in [-0.2, -0.15) is 5.10 Å². The molecule has 0 heterocycles. The molecule has 0 atom stereocenters. The molecule has 27 heavy (non-hydrogen) atoms. The van der Waals surface area contributed by atoms with Gasteiger partial charge in [0.15, 0.2) is 5.11 Å². The van der Waals surface area contributed by atoms with Crippen molar-refractivity contribution in [3.63, 3.8) is 0 Å². The Kier molecular flexibility index (Phi) is 8.27. The summed E-state index contributed by atoms with van der Waals surface area (Å²) in [6.45, 7) is 10.8. The smallest absolute Gasteiger partial charge is 0.191 e. The molecular formula is C22H30N4S. The third-order valence-corrected chi connectivity index (χ3v) is 4.54. The molecule has 0 aliphatic rings. The summed E-state index contributed by atoms with van der Waals surface area (Å²) in [6, 6.07) is 16.7. The second-order valence-corrected chi connectivity index (χ2v) is 7.18. The fourth-order valence-electron chi connectivity index (χ4n) is 2.79. The van der Waals surface area contributed by atoms with E-state index in [-0.39, 0.29) is 0 Å². The van der Waals surface area contributed by atoms with Crippen molar-refractivity contribution in [2.24, 2.45) is 5.10 Å². The highest BCUT2D eigenvalue weighted by atomic mass is 32.1. The Balaban J connectivity index is 1.86. The lowest BCUT2D eigenvalue weighted by Crippen LogP contribution is -2.24. The second kappa shape index (κ2) is 10.7. The number of hydrogen-bond donors (Lipinski definition) is 2. The highest BCUT2D eigenvalue weighted by Gasteiger charge is 2.02. The molecule has 2 N–H and O–H groups in total. The van der Waals surface area contributed by atoms with Gasteiger partial charge in [-0.05, 0) is 66.9 Å². The average molecular weight is 383 g/mol. The first-order valence-corrected chi connectivity index (χ1v) is 9.99. The zero-order valence-corrected chi connectivity index (χ0v) is 17.5. The molecule has 0 aliphatic carbocycles. The molecule has 2 aromatic carbocycles. The first-order chi connectivity index (χ1) is 13.0. The monoisotopic (exact) mass is 382 g/mol. The number of thiocarbonyl (C=S) groups is 1. The maximum absolute atomic E-state index is 5.29. The van der Waals surface area contributed by atoms with E-state index >= 15 is 0 Å². The van der Waals surface area contributed by atoms with Gasteiger partial charge in [0.05, 0.1) is 6.21 Å². The van der Waals surface area contributed by atoms with Crippen molar-refractivity contribution < 1.29 is 0 Å². The number of nitrogens with one attached hydrogen (secondary N) is 2. The minimum atomic E-state index is 0.472. The van der Waals surface area contributed by atoms with Crippen LogP contribution in [0.25, 0.3) is 0 Å². The van der Waals surface area contributed by atoms with E-state index in [1.54, 1.807) is 6.21 Å². The topological polar surface area (TPSA) is 39.7 Å². The summed E-state index contributed by atoms with van der Waals surface area (Å²) in [5, 5.41) is 7.83. The van der Waals surface area contributed by atoms with Crippen LogP contribution in [0.2, 0.25) is 0 Å². The summed E-state index contributed by atoms with van der Waals surface area (Å²) >= 11 is 5.29. The zero-order chi connectivity index (χ0) is 19.6. The van der Waals surface area contributed by atoms with E-state index in [0.29, 0.717) is 11.0 Å². The Labute approximate surface area is 168 Å². The molecule has 2 aromatic rings. The average Bonchev–Trinajstić information content (AvgIpc) is 2.67. The molecular weight excluding hydrogens is 352 g/mol. The molecule has 0 aromatic heterocycles. The summed E-state index contributed by atoms with van der Waals surface area (Å²) in [4.78, 5) is 2.36. The number of nitrogens with zero attached hydrogens (tertiary/aromatic N) is 2. The summed E-state index contributed by atoms with van der Waals surface area (Å²) in [5.74, 6) is 0.520. The van der Waals surface area contributed by atoms with E-state index < -0.39 is 0 Å². The number of anilines is 2. The summed E-state index contributed by atoms with van der Waals surface area (Å²) in [6.07, 6.45) is 2.92. The largest absolute Gasteiger partial charge is 0.372 e. The third-order valence-electron chi connectivity index (χ3n) is 4.35. The minimum Gasteiger partial charge on any atom is -0.372 e. The molecule has 144 valence electrons. The Hall–Kier alpha value is -2.40. The number of benzene rings is 2. The highest BCUT2D eigenvalue weighted by molar-refractivity contribution is 7.80. The van der Waals surface area contributed by atoms with Crippen LogP contribution in [0.4, 0.5) is 11.4 Å². The molecule has 5 heteroatoms. The number of hydrogen-bond acceptors (Lipinski definition) is 3. The lowest BCUT2D eigenvalue weighted by Gasteiger charge is -2.22. The normalized spacial score (nSPS) is 11.0. The van der Waals surface area contributed by atoms with Crippen molar-refractivity contribution in [1.29, 1.82) is 0 Å². The highest BCUT2D eigenvalue weighted by Crippen LogP contribution is 2.17. The van der Waals surface area contributed by atoms with Gasteiger partial charge in [0.2, 0.25) is 0 Å². The van der Waals surface area contributed by atoms with Gasteiger partial charge in [-0.15, -0.1) is 0 Å². The second-order valence-electron chi connectivity index (χ2n) is 6.77. The van der Waals surface area contributed by atoms with Crippen LogP contribution in [-0.4, -0.2) is 24.4 Å². The fraction of sp³-hybridized carbons (Fsp3) is 0.364. The SMILES string of the molecule is CCCN(CC)c1ccc(/C=N/NC(=S)Nc2ccc(C(C)C)cc2)cc1.